The second kappa shape index (κ2) is 4.72. The number of aliphatic carboxylic acids is 1. The minimum atomic E-state index is -0.908. The fourth-order valence-corrected chi connectivity index (χ4v) is 3.50. The predicted octanol–water partition coefficient (Wildman–Crippen LogP) is 2.14. The van der Waals surface area contributed by atoms with E-state index >= 15 is 0 Å². The van der Waals surface area contributed by atoms with Gasteiger partial charge in [-0.2, -0.15) is 0 Å². The fourth-order valence-electron chi connectivity index (χ4n) is 3.50. The number of amides is 1. The van der Waals surface area contributed by atoms with Crippen LogP contribution in [0.3, 0.4) is 0 Å². The second-order valence-electron chi connectivity index (χ2n) is 5.39. The summed E-state index contributed by atoms with van der Waals surface area (Å²) in [6, 6.07) is 2.60. The van der Waals surface area contributed by atoms with Crippen molar-refractivity contribution in [2.45, 2.75) is 44.2 Å². The number of likely N-dealkylation sites (tertiary alicyclic amines) is 1. The van der Waals surface area contributed by atoms with Gasteiger partial charge in [-0.1, -0.05) is 12.8 Å². The molecule has 0 bridgehead atoms. The molecule has 102 valence electrons. The predicted molar refractivity (Wildman–Crippen MR) is 66.7 cm³/mol. The summed E-state index contributed by atoms with van der Waals surface area (Å²) >= 11 is 0. The first-order chi connectivity index (χ1) is 9.18. The van der Waals surface area contributed by atoms with E-state index in [9.17, 15) is 14.7 Å². The summed E-state index contributed by atoms with van der Waals surface area (Å²) < 4.78 is 5.13. The Hall–Kier alpha value is -1.78. The Morgan fingerprint density at radius 3 is 2.79 bits per heavy atom. The molecular formula is C14H17NO4. The Balaban J connectivity index is 1.90. The zero-order valence-corrected chi connectivity index (χ0v) is 10.6. The Morgan fingerprint density at radius 1 is 1.32 bits per heavy atom. The number of fused-ring (bicyclic) bond motifs is 1. The Bertz CT molecular complexity index is 482. The molecule has 5 nitrogen and oxygen atoms in total. The lowest BCUT2D eigenvalue weighted by atomic mass is 9.84. The molecule has 3 atom stereocenters. The molecule has 1 aromatic heterocycles. The number of rotatable bonds is 2. The van der Waals surface area contributed by atoms with Crippen LogP contribution in [0.2, 0.25) is 0 Å². The first kappa shape index (κ1) is 12.3. The molecule has 0 spiro atoms. The quantitative estimate of drug-likeness (QED) is 0.887. The van der Waals surface area contributed by atoms with Crippen LogP contribution in [0.15, 0.2) is 22.8 Å². The van der Waals surface area contributed by atoms with Gasteiger partial charge in [0.05, 0.1) is 6.26 Å². The van der Waals surface area contributed by atoms with Crippen LogP contribution >= 0.6 is 0 Å². The Morgan fingerprint density at radius 2 is 2.11 bits per heavy atom. The summed E-state index contributed by atoms with van der Waals surface area (Å²) in [5, 5.41) is 9.35. The van der Waals surface area contributed by atoms with Gasteiger partial charge >= 0.3 is 5.97 Å². The van der Waals surface area contributed by atoms with E-state index in [1.807, 2.05) is 0 Å². The molecule has 5 heteroatoms. The van der Waals surface area contributed by atoms with E-state index in [-0.39, 0.29) is 17.7 Å². The van der Waals surface area contributed by atoms with Gasteiger partial charge < -0.3 is 14.4 Å². The molecule has 2 fully saturated rings. The van der Waals surface area contributed by atoms with Gasteiger partial charge in [0.1, 0.15) is 6.04 Å². The van der Waals surface area contributed by atoms with E-state index in [4.69, 9.17) is 4.42 Å². The molecule has 1 aromatic rings. The zero-order valence-electron chi connectivity index (χ0n) is 10.6. The molecule has 2 heterocycles. The summed E-state index contributed by atoms with van der Waals surface area (Å²) in [6.07, 6.45) is 6.15. The highest BCUT2D eigenvalue weighted by atomic mass is 16.4. The number of carbonyl (C=O) groups excluding carboxylic acids is 1. The summed E-state index contributed by atoms with van der Waals surface area (Å²) in [5.41, 5.74) is 0. The molecule has 1 saturated heterocycles. The van der Waals surface area contributed by atoms with Crippen molar-refractivity contribution >= 4 is 11.9 Å². The largest absolute Gasteiger partial charge is 0.480 e. The normalized spacial score (nSPS) is 30.1. The van der Waals surface area contributed by atoms with Gasteiger partial charge in [-0.25, -0.2) is 4.79 Å². The minimum absolute atomic E-state index is 0.0625. The molecular weight excluding hydrogens is 246 g/mol. The molecule has 19 heavy (non-hydrogen) atoms. The summed E-state index contributed by atoms with van der Waals surface area (Å²) in [5.74, 6) is -0.632. The Kier molecular flexibility index (Phi) is 3.05. The van der Waals surface area contributed by atoms with Crippen molar-refractivity contribution in [3.05, 3.63) is 24.2 Å². The highest BCUT2D eigenvalue weighted by Gasteiger charge is 2.48. The zero-order chi connectivity index (χ0) is 13.4. The molecule has 0 aromatic carbocycles. The molecule has 1 aliphatic carbocycles. The lowest BCUT2D eigenvalue weighted by Gasteiger charge is -2.32. The van der Waals surface area contributed by atoms with Gasteiger partial charge in [-0.3, -0.25) is 4.79 Å². The standard InChI is InChI=1S/C14H17NO4/c16-13(12-6-3-7-19-12)15-10-5-2-1-4-9(10)8-11(15)14(17)18/h3,6-7,9-11H,1-2,4-5,8H2,(H,17,18)/t9-,10-,11-/m0/s1. The molecule has 1 aliphatic heterocycles. The van der Waals surface area contributed by atoms with E-state index < -0.39 is 12.0 Å². The number of carboxylic acids is 1. The molecule has 1 amide bonds. The van der Waals surface area contributed by atoms with Gasteiger partial charge in [0, 0.05) is 6.04 Å². The average molecular weight is 263 g/mol. The number of hydrogen-bond donors (Lipinski definition) is 1. The highest BCUT2D eigenvalue weighted by Crippen LogP contribution is 2.40. The fraction of sp³-hybridized carbons (Fsp3) is 0.571. The lowest BCUT2D eigenvalue weighted by Crippen LogP contribution is -2.46. The summed E-state index contributed by atoms with van der Waals surface area (Å²) in [7, 11) is 0. The number of carbonyl (C=O) groups is 2. The van der Waals surface area contributed by atoms with Crippen molar-refractivity contribution < 1.29 is 19.1 Å². The SMILES string of the molecule is O=C(O)[C@@H]1C[C@@H]2CCCC[C@@H]2N1C(=O)c1ccco1. The third kappa shape index (κ3) is 2.03. The van der Waals surface area contributed by atoms with Crippen molar-refractivity contribution in [3.63, 3.8) is 0 Å². The van der Waals surface area contributed by atoms with Crippen LogP contribution in [0.5, 0.6) is 0 Å². The van der Waals surface area contributed by atoms with Crippen molar-refractivity contribution in [3.8, 4) is 0 Å². The van der Waals surface area contributed by atoms with E-state index in [2.05, 4.69) is 0 Å². The average Bonchev–Trinajstić information content (AvgIpc) is 3.05. The van der Waals surface area contributed by atoms with Crippen LogP contribution in [0.4, 0.5) is 0 Å². The number of hydrogen-bond acceptors (Lipinski definition) is 3. The van der Waals surface area contributed by atoms with Crippen LogP contribution in [-0.4, -0.2) is 34.0 Å². The van der Waals surface area contributed by atoms with Crippen LogP contribution in [0.1, 0.15) is 42.7 Å². The number of nitrogens with zero attached hydrogens (tertiary/aromatic N) is 1. The molecule has 0 radical (unpaired) electrons. The highest BCUT2D eigenvalue weighted by molar-refractivity contribution is 5.95. The van der Waals surface area contributed by atoms with Crippen LogP contribution in [0.25, 0.3) is 0 Å². The maximum atomic E-state index is 12.4. The lowest BCUT2D eigenvalue weighted by molar-refractivity contribution is -0.141. The van der Waals surface area contributed by atoms with Gasteiger partial charge in [0.2, 0.25) is 0 Å². The van der Waals surface area contributed by atoms with Crippen LogP contribution in [-0.2, 0) is 4.79 Å². The molecule has 1 N–H and O–H groups in total. The second-order valence-corrected chi connectivity index (χ2v) is 5.39. The molecule has 1 saturated carbocycles. The topological polar surface area (TPSA) is 70.8 Å². The first-order valence-electron chi connectivity index (χ1n) is 6.77. The van der Waals surface area contributed by atoms with Gasteiger partial charge in [0.25, 0.3) is 5.91 Å². The molecule has 2 aliphatic rings. The minimum Gasteiger partial charge on any atom is -0.480 e. The van der Waals surface area contributed by atoms with Crippen molar-refractivity contribution in [1.29, 1.82) is 0 Å². The van der Waals surface area contributed by atoms with E-state index in [0.29, 0.717) is 12.3 Å². The van der Waals surface area contributed by atoms with Crippen molar-refractivity contribution in [2.24, 2.45) is 5.92 Å². The van der Waals surface area contributed by atoms with Gasteiger partial charge in [0.15, 0.2) is 5.76 Å². The number of carboxylic acid groups (broad SMARTS) is 1. The third-order valence-electron chi connectivity index (χ3n) is 4.34. The van der Waals surface area contributed by atoms with E-state index in [1.54, 1.807) is 17.0 Å². The monoisotopic (exact) mass is 263 g/mol. The van der Waals surface area contributed by atoms with Crippen LogP contribution in [0, 0.1) is 5.92 Å². The number of furan rings is 1. The smallest absolute Gasteiger partial charge is 0.326 e. The van der Waals surface area contributed by atoms with Gasteiger partial charge in [-0.05, 0) is 37.3 Å². The van der Waals surface area contributed by atoms with E-state index in [1.165, 1.54) is 6.26 Å². The maximum Gasteiger partial charge on any atom is 0.326 e. The Labute approximate surface area is 111 Å². The van der Waals surface area contributed by atoms with Gasteiger partial charge in [-0.15, -0.1) is 0 Å². The summed E-state index contributed by atoms with van der Waals surface area (Å²) in [4.78, 5) is 25.4. The first-order valence-corrected chi connectivity index (χ1v) is 6.77. The van der Waals surface area contributed by atoms with Crippen molar-refractivity contribution in [2.75, 3.05) is 0 Å². The van der Waals surface area contributed by atoms with E-state index in [0.717, 1.165) is 25.7 Å². The molecule has 0 unspecified atom stereocenters. The maximum absolute atomic E-state index is 12.4. The summed E-state index contributed by atoms with van der Waals surface area (Å²) in [6.45, 7) is 0. The van der Waals surface area contributed by atoms with Crippen LogP contribution < -0.4 is 0 Å². The molecule has 3 rings (SSSR count). The van der Waals surface area contributed by atoms with Crippen molar-refractivity contribution in [1.82, 2.24) is 4.90 Å². The third-order valence-corrected chi connectivity index (χ3v) is 4.34.